The van der Waals surface area contributed by atoms with E-state index in [2.05, 4.69) is 10.1 Å². The maximum absolute atomic E-state index is 13.7. The minimum atomic E-state index is -0.766. The summed E-state index contributed by atoms with van der Waals surface area (Å²) in [6, 6.07) is 10.2. The molecule has 8 heteroatoms. The lowest BCUT2D eigenvalue weighted by molar-refractivity contribution is 0.582. The Morgan fingerprint density at radius 2 is 1.93 bits per heavy atom. The zero-order chi connectivity index (χ0) is 19.0. The average molecular weight is 402 g/mol. The fourth-order valence-corrected chi connectivity index (χ4v) is 3.61. The average Bonchev–Trinajstić information content (AvgIpc) is 3.08. The van der Waals surface area contributed by atoms with Crippen molar-refractivity contribution in [2.45, 2.75) is 0 Å². The Labute approximate surface area is 161 Å². The Morgan fingerprint density at radius 1 is 1.15 bits per heavy atom. The summed E-state index contributed by atoms with van der Waals surface area (Å²) in [6.07, 6.45) is 2.42. The lowest BCUT2D eigenvalue weighted by Crippen LogP contribution is -2.16. The van der Waals surface area contributed by atoms with Crippen molar-refractivity contribution < 1.29 is 8.78 Å². The van der Waals surface area contributed by atoms with Crippen molar-refractivity contribution in [1.29, 1.82) is 0 Å². The molecule has 0 aliphatic heterocycles. The van der Waals surface area contributed by atoms with Crippen molar-refractivity contribution in [3.05, 3.63) is 86.7 Å². The summed E-state index contributed by atoms with van der Waals surface area (Å²) in [5.41, 5.74) is 1.23. The molecule has 2 aromatic heterocycles. The molecule has 4 rings (SSSR count). The van der Waals surface area contributed by atoms with Crippen LogP contribution in [-0.4, -0.2) is 15.9 Å². The van der Waals surface area contributed by atoms with Crippen LogP contribution in [0.3, 0.4) is 0 Å². The van der Waals surface area contributed by atoms with E-state index in [-0.39, 0.29) is 11.1 Å². The molecule has 2 heterocycles. The molecule has 0 radical (unpaired) electrons. The normalized spacial score (nSPS) is 11.5. The molecule has 0 fully saturated rings. The molecule has 0 atom stereocenters. The number of benzene rings is 2. The number of nitrogens with zero attached hydrogens (tertiary/aromatic N) is 3. The van der Waals surface area contributed by atoms with Gasteiger partial charge in [0.2, 0.25) is 0 Å². The molecule has 2 aromatic carbocycles. The number of rotatable bonds is 3. The Hall–Kier alpha value is -2.90. The van der Waals surface area contributed by atoms with Crippen molar-refractivity contribution in [3.8, 4) is 11.1 Å². The van der Waals surface area contributed by atoms with Gasteiger partial charge in [0, 0.05) is 27.6 Å². The predicted octanol–water partition coefficient (Wildman–Crippen LogP) is 4.94. The third kappa shape index (κ3) is 3.39. The maximum atomic E-state index is 13.7. The molecule has 0 bridgehead atoms. The lowest BCUT2D eigenvalue weighted by atomic mass is 10.1. The summed E-state index contributed by atoms with van der Waals surface area (Å²) in [5.74, 6) is -1.45. The molecular weight excluding hydrogens is 392 g/mol. The second kappa shape index (κ2) is 7.02. The zero-order valence-electron chi connectivity index (χ0n) is 13.6. The molecule has 0 saturated heterocycles. The van der Waals surface area contributed by atoms with Crippen molar-refractivity contribution in [3.63, 3.8) is 0 Å². The van der Waals surface area contributed by atoms with Crippen molar-refractivity contribution in [2.75, 3.05) is 0 Å². The first-order valence-electron chi connectivity index (χ1n) is 7.77. The van der Waals surface area contributed by atoms with Gasteiger partial charge in [-0.15, -0.1) is 11.3 Å². The molecule has 0 aliphatic carbocycles. The van der Waals surface area contributed by atoms with Gasteiger partial charge in [0.15, 0.2) is 0 Å². The van der Waals surface area contributed by atoms with E-state index in [0.717, 1.165) is 34.2 Å². The minimum Gasteiger partial charge on any atom is -0.267 e. The van der Waals surface area contributed by atoms with Gasteiger partial charge in [0.25, 0.3) is 5.56 Å². The molecule has 134 valence electrons. The van der Waals surface area contributed by atoms with E-state index in [1.165, 1.54) is 23.7 Å². The second-order valence-corrected chi connectivity index (χ2v) is 6.94. The Balaban J connectivity index is 1.80. The fourth-order valence-electron chi connectivity index (χ4n) is 2.58. The molecule has 27 heavy (non-hydrogen) atoms. The van der Waals surface area contributed by atoms with Gasteiger partial charge in [-0.1, -0.05) is 23.7 Å². The largest absolute Gasteiger partial charge is 0.283 e. The number of thiophene rings is 1. The number of fused-ring (bicyclic) bond motifs is 1. The predicted molar refractivity (Wildman–Crippen MR) is 104 cm³/mol. The molecule has 0 unspecified atom stereocenters. The zero-order valence-corrected chi connectivity index (χ0v) is 15.1. The van der Waals surface area contributed by atoms with Crippen LogP contribution in [0.15, 0.2) is 64.1 Å². The molecular formula is C19H10ClF2N3OS. The van der Waals surface area contributed by atoms with E-state index in [1.54, 1.807) is 12.1 Å². The number of hydrogen-bond acceptors (Lipinski definition) is 4. The van der Waals surface area contributed by atoms with Crippen LogP contribution in [0.25, 0.3) is 21.3 Å². The first kappa shape index (κ1) is 17.5. The minimum absolute atomic E-state index is 0.0617. The van der Waals surface area contributed by atoms with Crippen LogP contribution in [0.4, 0.5) is 8.78 Å². The van der Waals surface area contributed by atoms with Gasteiger partial charge in [-0.25, -0.2) is 13.8 Å². The molecule has 4 aromatic rings. The third-order valence-corrected chi connectivity index (χ3v) is 5.06. The van der Waals surface area contributed by atoms with Gasteiger partial charge in [0.1, 0.15) is 22.8 Å². The van der Waals surface area contributed by atoms with Crippen LogP contribution in [0.2, 0.25) is 5.02 Å². The fraction of sp³-hybridized carbons (Fsp3) is 0. The highest BCUT2D eigenvalue weighted by Gasteiger charge is 2.13. The Bertz CT molecular complexity index is 1230. The van der Waals surface area contributed by atoms with Gasteiger partial charge in [-0.05, 0) is 29.8 Å². The van der Waals surface area contributed by atoms with E-state index >= 15 is 0 Å². The van der Waals surface area contributed by atoms with Crippen LogP contribution in [0, 0.1) is 11.6 Å². The van der Waals surface area contributed by atoms with Crippen molar-refractivity contribution >= 4 is 39.4 Å². The van der Waals surface area contributed by atoms with E-state index in [1.807, 2.05) is 17.5 Å². The maximum Gasteiger partial charge on any atom is 0.283 e. The molecule has 4 nitrogen and oxygen atoms in total. The van der Waals surface area contributed by atoms with Crippen LogP contribution in [0.1, 0.15) is 5.56 Å². The highest BCUT2D eigenvalue weighted by molar-refractivity contribution is 7.17. The molecule has 0 aliphatic rings. The Morgan fingerprint density at radius 3 is 2.67 bits per heavy atom. The summed E-state index contributed by atoms with van der Waals surface area (Å²) in [7, 11) is 0. The van der Waals surface area contributed by atoms with Gasteiger partial charge in [-0.3, -0.25) is 4.79 Å². The summed E-state index contributed by atoms with van der Waals surface area (Å²) in [4.78, 5) is 17.7. The highest BCUT2D eigenvalue weighted by Crippen LogP contribution is 2.31. The topological polar surface area (TPSA) is 47.2 Å². The summed E-state index contributed by atoms with van der Waals surface area (Å²) in [5, 5.41) is 6.84. The quantitative estimate of drug-likeness (QED) is 0.456. The van der Waals surface area contributed by atoms with Crippen molar-refractivity contribution in [2.24, 2.45) is 5.10 Å². The monoisotopic (exact) mass is 401 g/mol. The SMILES string of the molecule is O=c1c2c(-c3ccc(Cl)cc3)csc2ncn1N=Cc1ccc(F)cc1F. The number of aromatic nitrogens is 2. The summed E-state index contributed by atoms with van der Waals surface area (Å²) in [6.45, 7) is 0. The third-order valence-electron chi connectivity index (χ3n) is 3.92. The van der Waals surface area contributed by atoms with Crippen molar-refractivity contribution in [1.82, 2.24) is 9.66 Å². The first-order chi connectivity index (χ1) is 13.0. The standard InChI is InChI=1S/C19H10ClF2N3OS/c20-13-4-1-11(2-5-13)15-9-27-18-17(15)19(26)25(10-23-18)24-8-12-3-6-14(21)7-16(12)22/h1-10H. The van der Waals surface area contributed by atoms with Gasteiger partial charge < -0.3 is 0 Å². The smallest absolute Gasteiger partial charge is 0.267 e. The molecule has 0 N–H and O–H groups in total. The van der Waals surface area contributed by atoms with Crippen LogP contribution >= 0.6 is 22.9 Å². The van der Waals surface area contributed by atoms with E-state index in [4.69, 9.17) is 11.6 Å². The van der Waals surface area contributed by atoms with Gasteiger partial charge >= 0.3 is 0 Å². The second-order valence-electron chi connectivity index (χ2n) is 5.64. The molecule has 0 amide bonds. The molecule has 0 saturated carbocycles. The van der Waals surface area contributed by atoms with E-state index < -0.39 is 11.6 Å². The summed E-state index contributed by atoms with van der Waals surface area (Å²) < 4.78 is 27.7. The molecule has 0 spiro atoms. The highest BCUT2D eigenvalue weighted by atomic mass is 35.5. The van der Waals surface area contributed by atoms with Crippen LogP contribution < -0.4 is 5.56 Å². The first-order valence-corrected chi connectivity index (χ1v) is 9.03. The van der Waals surface area contributed by atoms with Crippen LogP contribution in [-0.2, 0) is 0 Å². The number of halogens is 3. The summed E-state index contributed by atoms with van der Waals surface area (Å²) >= 11 is 7.26. The van der Waals surface area contributed by atoms with E-state index in [0.29, 0.717) is 15.2 Å². The Kier molecular flexibility index (Phi) is 4.55. The van der Waals surface area contributed by atoms with Gasteiger partial charge in [-0.2, -0.15) is 9.78 Å². The van der Waals surface area contributed by atoms with E-state index in [9.17, 15) is 13.6 Å². The number of hydrogen-bond donors (Lipinski definition) is 0. The lowest BCUT2D eigenvalue weighted by Gasteiger charge is -2.02. The van der Waals surface area contributed by atoms with Crippen LogP contribution in [0.5, 0.6) is 0 Å². The van der Waals surface area contributed by atoms with Gasteiger partial charge in [0.05, 0.1) is 11.6 Å².